The molecule has 0 saturated heterocycles. The van der Waals surface area contributed by atoms with E-state index in [0.29, 0.717) is 12.8 Å². The Morgan fingerprint density at radius 1 is 1.67 bits per heavy atom. The highest BCUT2D eigenvalue weighted by atomic mass is 16.5. The highest BCUT2D eigenvalue weighted by molar-refractivity contribution is 5.72. The number of carbonyl (C=O) groups is 1. The second kappa shape index (κ2) is 4.26. The number of esters is 1. The largest absolute Gasteiger partial charge is 0.461 e. The minimum Gasteiger partial charge on any atom is -0.461 e. The van der Waals surface area contributed by atoms with Crippen LogP contribution >= 0.6 is 0 Å². The molecule has 1 N–H and O–H groups in total. The number of ether oxygens (including phenoxy) is 1. The van der Waals surface area contributed by atoms with Gasteiger partial charge in [-0.2, -0.15) is 0 Å². The van der Waals surface area contributed by atoms with Crippen molar-refractivity contribution in [2.75, 3.05) is 6.61 Å². The van der Waals surface area contributed by atoms with Crippen LogP contribution in [0.5, 0.6) is 0 Å². The van der Waals surface area contributed by atoms with Crippen molar-refractivity contribution in [1.29, 1.82) is 0 Å². The zero-order valence-corrected chi connectivity index (χ0v) is 7.03. The summed E-state index contributed by atoms with van der Waals surface area (Å²) in [5.41, 5.74) is 0. The van der Waals surface area contributed by atoms with E-state index in [1.165, 1.54) is 0 Å². The molecule has 0 bridgehead atoms. The van der Waals surface area contributed by atoms with Crippen LogP contribution in [0.15, 0.2) is 12.7 Å². The first-order valence-corrected chi connectivity index (χ1v) is 4.19. The molecule has 0 amide bonds. The SMILES string of the molecule is C=CCOC(=O)C1CCC(O)C1. The molecule has 0 heterocycles. The number of aliphatic hydroxyl groups is 1. The van der Waals surface area contributed by atoms with Gasteiger partial charge < -0.3 is 9.84 Å². The maximum absolute atomic E-state index is 11.2. The minimum atomic E-state index is -0.314. The van der Waals surface area contributed by atoms with E-state index in [9.17, 15) is 4.79 Å². The van der Waals surface area contributed by atoms with Gasteiger partial charge in [0.15, 0.2) is 0 Å². The van der Waals surface area contributed by atoms with E-state index in [1.807, 2.05) is 0 Å². The van der Waals surface area contributed by atoms with Gasteiger partial charge in [-0.25, -0.2) is 0 Å². The van der Waals surface area contributed by atoms with Crippen LogP contribution in [0, 0.1) is 5.92 Å². The number of hydrogen-bond donors (Lipinski definition) is 1. The first-order chi connectivity index (χ1) is 5.74. The zero-order valence-electron chi connectivity index (χ0n) is 7.03. The van der Waals surface area contributed by atoms with E-state index in [4.69, 9.17) is 9.84 Å². The van der Waals surface area contributed by atoms with Crippen LogP contribution < -0.4 is 0 Å². The molecule has 1 aliphatic carbocycles. The molecule has 1 rings (SSSR count). The summed E-state index contributed by atoms with van der Waals surface area (Å²) in [6.45, 7) is 3.72. The summed E-state index contributed by atoms with van der Waals surface area (Å²) in [5.74, 6) is -0.300. The summed E-state index contributed by atoms with van der Waals surface area (Å²) in [6, 6.07) is 0. The summed E-state index contributed by atoms with van der Waals surface area (Å²) < 4.78 is 4.86. The van der Waals surface area contributed by atoms with Crippen molar-refractivity contribution in [3.8, 4) is 0 Å². The van der Waals surface area contributed by atoms with Crippen LogP contribution in [0.1, 0.15) is 19.3 Å². The molecule has 2 unspecified atom stereocenters. The maximum atomic E-state index is 11.2. The molecule has 0 radical (unpaired) electrons. The molecule has 1 fully saturated rings. The van der Waals surface area contributed by atoms with Crippen molar-refractivity contribution in [1.82, 2.24) is 0 Å². The quantitative estimate of drug-likeness (QED) is 0.505. The van der Waals surface area contributed by atoms with Gasteiger partial charge in [0.1, 0.15) is 6.61 Å². The van der Waals surface area contributed by atoms with Gasteiger partial charge in [0.25, 0.3) is 0 Å². The van der Waals surface area contributed by atoms with Gasteiger partial charge in [0.05, 0.1) is 12.0 Å². The Balaban J connectivity index is 2.28. The number of rotatable bonds is 3. The molecule has 2 atom stereocenters. The second-order valence-corrected chi connectivity index (χ2v) is 3.08. The molecule has 3 nitrogen and oxygen atoms in total. The molecule has 0 aromatic carbocycles. The van der Waals surface area contributed by atoms with E-state index < -0.39 is 0 Å². The van der Waals surface area contributed by atoms with E-state index in [1.54, 1.807) is 6.08 Å². The highest BCUT2D eigenvalue weighted by Crippen LogP contribution is 2.26. The average Bonchev–Trinajstić information content (AvgIpc) is 2.47. The molecule has 0 spiro atoms. The summed E-state index contributed by atoms with van der Waals surface area (Å²) >= 11 is 0. The first-order valence-electron chi connectivity index (χ1n) is 4.19. The number of aliphatic hydroxyl groups excluding tert-OH is 1. The standard InChI is InChI=1S/C9H14O3/c1-2-5-12-9(11)7-3-4-8(10)6-7/h2,7-8,10H,1,3-6H2. The number of hydrogen-bond acceptors (Lipinski definition) is 3. The maximum Gasteiger partial charge on any atom is 0.309 e. The fourth-order valence-electron chi connectivity index (χ4n) is 1.43. The molecule has 68 valence electrons. The van der Waals surface area contributed by atoms with Crippen LogP contribution in [0.4, 0.5) is 0 Å². The third-order valence-corrected chi connectivity index (χ3v) is 2.08. The van der Waals surface area contributed by atoms with Gasteiger partial charge in [0, 0.05) is 0 Å². The van der Waals surface area contributed by atoms with Crippen molar-refractivity contribution in [2.45, 2.75) is 25.4 Å². The molecule has 0 aliphatic heterocycles. The summed E-state index contributed by atoms with van der Waals surface area (Å²) in [4.78, 5) is 11.2. The lowest BCUT2D eigenvalue weighted by atomic mass is 10.1. The smallest absolute Gasteiger partial charge is 0.309 e. The van der Waals surface area contributed by atoms with Crippen LogP contribution in [0.2, 0.25) is 0 Å². The molecule has 12 heavy (non-hydrogen) atoms. The molecular weight excluding hydrogens is 156 g/mol. The molecule has 0 aromatic heterocycles. The van der Waals surface area contributed by atoms with Crippen molar-refractivity contribution >= 4 is 5.97 Å². The summed E-state index contributed by atoms with van der Waals surface area (Å²) in [6.07, 6.45) is 3.25. The Morgan fingerprint density at radius 2 is 2.42 bits per heavy atom. The van der Waals surface area contributed by atoms with Crippen molar-refractivity contribution in [2.24, 2.45) is 5.92 Å². The van der Waals surface area contributed by atoms with E-state index in [2.05, 4.69) is 6.58 Å². The summed E-state index contributed by atoms with van der Waals surface area (Å²) in [7, 11) is 0. The lowest BCUT2D eigenvalue weighted by molar-refractivity contribution is -0.147. The minimum absolute atomic E-state index is 0.0973. The lowest BCUT2D eigenvalue weighted by Crippen LogP contribution is -2.15. The molecule has 3 heteroatoms. The molecule has 1 aliphatic rings. The van der Waals surface area contributed by atoms with Crippen LogP contribution in [0.25, 0.3) is 0 Å². The van der Waals surface area contributed by atoms with Crippen molar-refractivity contribution in [3.05, 3.63) is 12.7 Å². The van der Waals surface area contributed by atoms with Gasteiger partial charge in [-0.3, -0.25) is 4.79 Å². The first kappa shape index (κ1) is 9.26. The van der Waals surface area contributed by atoms with E-state index >= 15 is 0 Å². The van der Waals surface area contributed by atoms with Gasteiger partial charge in [-0.05, 0) is 19.3 Å². The fourth-order valence-corrected chi connectivity index (χ4v) is 1.43. The van der Waals surface area contributed by atoms with Crippen LogP contribution in [-0.4, -0.2) is 23.8 Å². The predicted octanol–water partition coefficient (Wildman–Crippen LogP) is 0.877. The summed E-state index contributed by atoms with van der Waals surface area (Å²) in [5, 5.41) is 9.15. The number of carbonyl (C=O) groups excluding carboxylic acids is 1. The van der Waals surface area contributed by atoms with Gasteiger partial charge in [-0.15, -0.1) is 0 Å². The Bertz CT molecular complexity index is 177. The molecule has 1 saturated carbocycles. The van der Waals surface area contributed by atoms with Gasteiger partial charge in [0.2, 0.25) is 0 Å². The van der Waals surface area contributed by atoms with E-state index in [0.717, 1.165) is 6.42 Å². The third kappa shape index (κ3) is 2.34. The third-order valence-electron chi connectivity index (χ3n) is 2.08. The van der Waals surface area contributed by atoms with Gasteiger partial charge in [-0.1, -0.05) is 12.7 Å². The van der Waals surface area contributed by atoms with Crippen LogP contribution in [0.3, 0.4) is 0 Å². The van der Waals surface area contributed by atoms with E-state index in [-0.39, 0.29) is 24.6 Å². The predicted molar refractivity (Wildman–Crippen MR) is 44.5 cm³/mol. The normalized spacial score (nSPS) is 28.4. The Labute approximate surface area is 72.0 Å². The Hall–Kier alpha value is -0.830. The average molecular weight is 170 g/mol. The Morgan fingerprint density at radius 3 is 2.92 bits per heavy atom. The Kier molecular flexibility index (Phi) is 3.29. The lowest BCUT2D eigenvalue weighted by Gasteiger charge is -2.07. The molecule has 0 aromatic rings. The van der Waals surface area contributed by atoms with Crippen molar-refractivity contribution in [3.63, 3.8) is 0 Å². The topological polar surface area (TPSA) is 46.5 Å². The molecular formula is C9H14O3. The van der Waals surface area contributed by atoms with Crippen molar-refractivity contribution < 1.29 is 14.6 Å². The highest BCUT2D eigenvalue weighted by Gasteiger charge is 2.29. The van der Waals surface area contributed by atoms with Crippen LogP contribution in [-0.2, 0) is 9.53 Å². The van der Waals surface area contributed by atoms with Gasteiger partial charge >= 0.3 is 5.97 Å². The monoisotopic (exact) mass is 170 g/mol. The second-order valence-electron chi connectivity index (χ2n) is 3.08. The fraction of sp³-hybridized carbons (Fsp3) is 0.667. The zero-order chi connectivity index (χ0) is 8.97.